The number of alkyl halides is 3. The first-order valence-electron chi connectivity index (χ1n) is 10.1. The van der Waals surface area contributed by atoms with E-state index in [9.17, 15) is 18.0 Å². The molecule has 0 aromatic heterocycles. The zero-order chi connectivity index (χ0) is 23.8. The van der Waals surface area contributed by atoms with Crippen LogP contribution in [0.4, 0.5) is 24.5 Å². The van der Waals surface area contributed by atoms with Crippen LogP contribution in [-0.4, -0.2) is 18.8 Å². The molecule has 8 heteroatoms. The van der Waals surface area contributed by atoms with E-state index in [-0.39, 0.29) is 13.0 Å². The highest BCUT2D eigenvalue weighted by Gasteiger charge is 2.26. The Morgan fingerprint density at radius 1 is 0.879 bits per heavy atom. The van der Waals surface area contributed by atoms with Gasteiger partial charge < -0.3 is 20.9 Å². The van der Waals surface area contributed by atoms with Crippen molar-refractivity contribution in [2.24, 2.45) is 0 Å². The van der Waals surface area contributed by atoms with Gasteiger partial charge in [0.15, 0.2) is 0 Å². The minimum absolute atomic E-state index is 0.0605. The maximum atomic E-state index is 12.3. The molecule has 0 atom stereocenters. The Labute approximate surface area is 189 Å². The molecule has 0 saturated carbocycles. The van der Waals surface area contributed by atoms with Crippen molar-refractivity contribution in [3.8, 4) is 11.5 Å². The summed E-state index contributed by atoms with van der Waals surface area (Å²) < 4.78 is 47.0. The fraction of sp³-hybridized carbons (Fsp3) is 0.160. The van der Waals surface area contributed by atoms with Gasteiger partial charge in [0.05, 0.1) is 12.2 Å². The highest BCUT2D eigenvalue weighted by atomic mass is 19.4. The van der Waals surface area contributed by atoms with Crippen LogP contribution in [0.5, 0.6) is 11.5 Å². The monoisotopic (exact) mass is 456 g/mol. The van der Waals surface area contributed by atoms with Gasteiger partial charge in [0.25, 0.3) is 0 Å². The fourth-order valence-corrected chi connectivity index (χ4v) is 2.89. The zero-order valence-electron chi connectivity index (χ0n) is 17.6. The van der Waals surface area contributed by atoms with Gasteiger partial charge >= 0.3 is 12.1 Å². The zero-order valence-corrected chi connectivity index (χ0v) is 17.6. The summed E-state index contributed by atoms with van der Waals surface area (Å²) in [5, 5.41) is 0. The number of benzene rings is 3. The SMILES string of the molecule is Nc1ccc(C=Cc2ccc(OC(=O)c3ccc(OCCCC(F)(F)F)cc3)cc2)c(N)c1. The Kier molecular flexibility index (Phi) is 7.61. The maximum Gasteiger partial charge on any atom is 0.389 e. The molecule has 172 valence electrons. The number of nitrogens with two attached hydrogens (primary N) is 2. The molecular formula is C25H23F3N2O3. The number of hydrogen-bond acceptors (Lipinski definition) is 5. The van der Waals surface area contributed by atoms with Crippen molar-refractivity contribution in [2.75, 3.05) is 18.1 Å². The molecule has 0 unspecified atom stereocenters. The Hall–Kier alpha value is -3.94. The summed E-state index contributed by atoms with van der Waals surface area (Å²) in [7, 11) is 0. The highest BCUT2D eigenvalue weighted by Crippen LogP contribution is 2.23. The molecule has 0 spiro atoms. The van der Waals surface area contributed by atoms with E-state index in [4.69, 9.17) is 20.9 Å². The van der Waals surface area contributed by atoms with E-state index in [0.717, 1.165) is 11.1 Å². The lowest BCUT2D eigenvalue weighted by molar-refractivity contribution is -0.136. The Morgan fingerprint density at radius 3 is 2.18 bits per heavy atom. The summed E-state index contributed by atoms with van der Waals surface area (Å²) in [6.07, 6.45) is -1.49. The number of carbonyl (C=O) groups excluding carboxylic acids is 1. The largest absolute Gasteiger partial charge is 0.494 e. The van der Waals surface area contributed by atoms with Gasteiger partial charge in [-0.2, -0.15) is 13.2 Å². The van der Waals surface area contributed by atoms with Crippen molar-refractivity contribution >= 4 is 29.5 Å². The van der Waals surface area contributed by atoms with Crippen LogP contribution in [0.1, 0.15) is 34.3 Å². The summed E-state index contributed by atoms with van der Waals surface area (Å²) in [4.78, 5) is 12.3. The topological polar surface area (TPSA) is 87.6 Å². The average Bonchev–Trinajstić information content (AvgIpc) is 2.77. The van der Waals surface area contributed by atoms with Crippen LogP contribution in [0.2, 0.25) is 0 Å². The lowest BCUT2D eigenvalue weighted by Crippen LogP contribution is -2.10. The molecule has 4 N–H and O–H groups in total. The number of rotatable bonds is 8. The molecule has 5 nitrogen and oxygen atoms in total. The van der Waals surface area contributed by atoms with Gasteiger partial charge in [0.2, 0.25) is 0 Å². The number of ether oxygens (including phenoxy) is 2. The van der Waals surface area contributed by atoms with Gasteiger partial charge in [-0.05, 0) is 66.1 Å². The molecule has 33 heavy (non-hydrogen) atoms. The third kappa shape index (κ3) is 7.60. The van der Waals surface area contributed by atoms with Gasteiger partial charge in [-0.15, -0.1) is 0 Å². The number of carbonyl (C=O) groups is 1. The second kappa shape index (κ2) is 10.6. The van der Waals surface area contributed by atoms with Crippen LogP contribution in [0.15, 0.2) is 66.7 Å². The van der Waals surface area contributed by atoms with Crippen LogP contribution < -0.4 is 20.9 Å². The molecule has 0 aliphatic rings. The Bertz CT molecular complexity index is 1110. The molecule has 0 amide bonds. The molecule has 3 aromatic carbocycles. The number of hydrogen-bond donors (Lipinski definition) is 2. The van der Waals surface area contributed by atoms with Crippen molar-refractivity contribution in [3.63, 3.8) is 0 Å². The second-order valence-electron chi connectivity index (χ2n) is 7.27. The van der Waals surface area contributed by atoms with Crippen molar-refractivity contribution in [3.05, 3.63) is 83.4 Å². The van der Waals surface area contributed by atoms with Gasteiger partial charge in [-0.1, -0.05) is 30.4 Å². The predicted molar refractivity (Wildman–Crippen MR) is 123 cm³/mol. The van der Waals surface area contributed by atoms with Crippen LogP contribution in [0.3, 0.4) is 0 Å². The molecule has 3 rings (SSSR count). The molecule has 0 fully saturated rings. The first-order chi connectivity index (χ1) is 15.7. The van der Waals surface area contributed by atoms with Crippen molar-refractivity contribution in [1.82, 2.24) is 0 Å². The summed E-state index contributed by atoms with van der Waals surface area (Å²) in [5.41, 5.74) is 14.8. The lowest BCUT2D eigenvalue weighted by atomic mass is 10.1. The van der Waals surface area contributed by atoms with Crippen molar-refractivity contribution in [2.45, 2.75) is 19.0 Å². The molecule has 0 aliphatic carbocycles. The second-order valence-corrected chi connectivity index (χ2v) is 7.27. The molecule has 3 aromatic rings. The molecule has 0 radical (unpaired) electrons. The molecule has 0 bridgehead atoms. The molecular weight excluding hydrogens is 433 g/mol. The van der Waals surface area contributed by atoms with Gasteiger partial charge in [-0.3, -0.25) is 0 Å². The van der Waals surface area contributed by atoms with E-state index < -0.39 is 18.6 Å². The Balaban J connectivity index is 1.52. The fourth-order valence-electron chi connectivity index (χ4n) is 2.89. The first kappa shape index (κ1) is 23.7. The first-order valence-corrected chi connectivity index (χ1v) is 10.1. The smallest absolute Gasteiger partial charge is 0.389 e. The standard InChI is InChI=1S/C25H23F3N2O3/c26-25(27,28)14-1-15-32-21-12-7-19(8-13-21)24(31)33-22-10-3-17(4-11-22)2-5-18-6-9-20(29)16-23(18)30/h2-13,16H,1,14-15,29-30H2. The van der Waals surface area contributed by atoms with Crippen LogP contribution >= 0.6 is 0 Å². The van der Waals surface area contributed by atoms with Crippen molar-refractivity contribution in [1.29, 1.82) is 0 Å². The van der Waals surface area contributed by atoms with Gasteiger partial charge in [0.1, 0.15) is 11.5 Å². The highest BCUT2D eigenvalue weighted by molar-refractivity contribution is 5.91. The molecule has 0 heterocycles. The maximum absolute atomic E-state index is 12.3. The molecule has 0 saturated heterocycles. The number of halogens is 3. The summed E-state index contributed by atoms with van der Waals surface area (Å²) in [6, 6.07) is 18.2. The van der Waals surface area contributed by atoms with E-state index in [2.05, 4.69) is 0 Å². The summed E-state index contributed by atoms with van der Waals surface area (Å²) in [5.74, 6) is 0.194. The predicted octanol–water partition coefficient (Wildman–Crippen LogP) is 5.96. The number of esters is 1. The third-order valence-corrected chi connectivity index (χ3v) is 4.62. The average molecular weight is 456 g/mol. The van der Waals surface area contributed by atoms with Crippen LogP contribution in [0, 0.1) is 0 Å². The van der Waals surface area contributed by atoms with E-state index in [1.807, 2.05) is 18.2 Å². The van der Waals surface area contributed by atoms with E-state index >= 15 is 0 Å². The summed E-state index contributed by atoms with van der Waals surface area (Å²) in [6.45, 7) is -0.0605. The Morgan fingerprint density at radius 2 is 1.55 bits per heavy atom. The quantitative estimate of drug-likeness (QED) is 0.144. The van der Waals surface area contributed by atoms with Crippen molar-refractivity contribution < 1.29 is 27.4 Å². The minimum atomic E-state index is -4.20. The van der Waals surface area contributed by atoms with E-state index in [1.165, 1.54) is 24.3 Å². The van der Waals surface area contributed by atoms with Gasteiger partial charge in [0, 0.05) is 17.8 Å². The van der Waals surface area contributed by atoms with Crippen LogP contribution in [0.25, 0.3) is 12.2 Å². The number of nitrogen functional groups attached to an aromatic ring is 2. The van der Waals surface area contributed by atoms with Crippen LogP contribution in [-0.2, 0) is 0 Å². The number of anilines is 2. The third-order valence-electron chi connectivity index (χ3n) is 4.62. The van der Waals surface area contributed by atoms with Gasteiger partial charge in [-0.25, -0.2) is 4.79 Å². The summed E-state index contributed by atoms with van der Waals surface area (Å²) >= 11 is 0. The minimum Gasteiger partial charge on any atom is -0.494 e. The lowest BCUT2D eigenvalue weighted by Gasteiger charge is -2.09. The van der Waals surface area contributed by atoms with E-state index in [0.29, 0.717) is 28.4 Å². The van der Waals surface area contributed by atoms with E-state index in [1.54, 1.807) is 36.4 Å². The normalized spacial score (nSPS) is 11.5. The molecule has 0 aliphatic heterocycles.